The quantitative estimate of drug-likeness (QED) is 0.132. The highest BCUT2D eigenvalue weighted by atomic mass is 31.2. The second-order valence-corrected chi connectivity index (χ2v) is 10.3. The van der Waals surface area contributed by atoms with Crippen LogP contribution in [0.25, 0.3) is 0 Å². The Kier molecular flexibility index (Phi) is 18.9. The minimum atomic E-state index is -4.27. The van der Waals surface area contributed by atoms with E-state index in [1.807, 2.05) is 0 Å². The Morgan fingerprint density at radius 1 is 0.586 bits per heavy atom. The molecule has 0 saturated heterocycles. The van der Waals surface area contributed by atoms with Gasteiger partial charge in [0, 0.05) is 0 Å². The van der Waals surface area contributed by atoms with Crippen LogP contribution in [0.15, 0.2) is 0 Å². The van der Waals surface area contributed by atoms with E-state index in [0.29, 0.717) is 5.41 Å². The first-order valence-electron chi connectivity index (χ1n) is 12.6. The van der Waals surface area contributed by atoms with Crippen molar-refractivity contribution in [1.82, 2.24) is 0 Å². The van der Waals surface area contributed by atoms with Gasteiger partial charge in [-0.15, -0.1) is 0 Å². The van der Waals surface area contributed by atoms with Crippen LogP contribution in [-0.2, 0) is 9.09 Å². The molecule has 0 aliphatic rings. The fourth-order valence-corrected chi connectivity index (χ4v) is 4.80. The van der Waals surface area contributed by atoms with Gasteiger partial charge in [-0.2, -0.15) is 0 Å². The molecule has 0 heterocycles. The summed E-state index contributed by atoms with van der Waals surface area (Å²) < 4.78 is 15.0. The summed E-state index contributed by atoms with van der Waals surface area (Å²) in [5, 5.41) is 0. The van der Waals surface area contributed by atoms with E-state index in [2.05, 4.69) is 25.3 Å². The number of rotatable bonds is 22. The first-order valence-corrected chi connectivity index (χ1v) is 14.1. The average molecular weight is 435 g/mol. The zero-order valence-electron chi connectivity index (χ0n) is 19.8. The average Bonchev–Trinajstić information content (AvgIpc) is 2.68. The molecule has 0 bridgehead atoms. The van der Waals surface area contributed by atoms with E-state index in [9.17, 15) is 4.57 Å². The minimum Gasteiger partial charge on any atom is -0.303 e. The summed E-state index contributed by atoms with van der Waals surface area (Å²) in [5.41, 5.74) is 0.622. The summed E-state index contributed by atoms with van der Waals surface area (Å²) in [6.07, 6.45) is 24.8. The van der Waals surface area contributed by atoms with Crippen LogP contribution < -0.4 is 0 Å². The van der Waals surface area contributed by atoms with Gasteiger partial charge in [-0.25, -0.2) is 4.57 Å². The van der Waals surface area contributed by atoms with E-state index in [1.54, 1.807) is 0 Å². The largest absolute Gasteiger partial charge is 0.469 e. The fourth-order valence-electron chi connectivity index (χ4n) is 4.43. The van der Waals surface area contributed by atoms with E-state index in [1.165, 1.54) is 103 Å². The zero-order chi connectivity index (χ0) is 21.8. The molecule has 0 spiro atoms. The van der Waals surface area contributed by atoms with Gasteiger partial charge in [-0.05, 0) is 37.5 Å². The van der Waals surface area contributed by atoms with Gasteiger partial charge < -0.3 is 9.79 Å². The SMILES string of the molecule is CCCCC(CCCC)(CCCC)CCCCCCCCCCCOP(=O)(O)O. The van der Waals surface area contributed by atoms with Crippen LogP contribution in [0.4, 0.5) is 0 Å². The van der Waals surface area contributed by atoms with Gasteiger partial charge >= 0.3 is 7.82 Å². The maximum absolute atomic E-state index is 10.6. The van der Waals surface area contributed by atoms with Crippen molar-refractivity contribution in [3.8, 4) is 0 Å². The van der Waals surface area contributed by atoms with Crippen LogP contribution in [0, 0.1) is 5.41 Å². The molecule has 176 valence electrons. The van der Waals surface area contributed by atoms with Gasteiger partial charge in [-0.1, -0.05) is 111 Å². The number of unbranched alkanes of at least 4 members (excludes halogenated alkanes) is 11. The molecule has 0 aliphatic carbocycles. The lowest BCUT2D eigenvalue weighted by molar-refractivity contribution is 0.175. The molecular formula is C24H51O4P. The smallest absolute Gasteiger partial charge is 0.303 e. The zero-order valence-corrected chi connectivity index (χ0v) is 20.7. The monoisotopic (exact) mass is 434 g/mol. The predicted molar refractivity (Wildman–Crippen MR) is 125 cm³/mol. The molecule has 29 heavy (non-hydrogen) atoms. The van der Waals surface area contributed by atoms with E-state index in [4.69, 9.17) is 9.79 Å². The molecule has 0 aromatic carbocycles. The second kappa shape index (κ2) is 18.8. The van der Waals surface area contributed by atoms with Crippen molar-refractivity contribution < 1.29 is 18.9 Å². The highest BCUT2D eigenvalue weighted by Gasteiger charge is 2.27. The Morgan fingerprint density at radius 2 is 0.931 bits per heavy atom. The fraction of sp³-hybridized carbons (Fsp3) is 1.00. The standard InChI is InChI=1S/C24H51O4P/c1-4-7-19-24(20-8-5-2,21-9-6-3)22-17-15-13-11-10-12-14-16-18-23-28-29(25,26)27/h4-23H2,1-3H3,(H2,25,26,27). The highest BCUT2D eigenvalue weighted by Crippen LogP contribution is 2.41. The van der Waals surface area contributed by atoms with Crippen molar-refractivity contribution in [2.45, 2.75) is 143 Å². The summed E-state index contributed by atoms with van der Waals surface area (Å²) in [5.74, 6) is 0. The van der Waals surface area contributed by atoms with Crippen LogP contribution in [0.1, 0.15) is 143 Å². The predicted octanol–water partition coefficient (Wildman–Crippen LogP) is 8.55. The van der Waals surface area contributed by atoms with Gasteiger partial charge in [0.15, 0.2) is 0 Å². The van der Waals surface area contributed by atoms with Crippen LogP contribution in [0.2, 0.25) is 0 Å². The van der Waals surface area contributed by atoms with Gasteiger partial charge in [0.25, 0.3) is 0 Å². The molecule has 0 rings (SSSR count). The van der Waals surface area contributed by atoms with Crippen molar-refractivity contribution in [2.75, 3.05) is 6.61 Å². The Labute approximate surface area is 181 Å². The number of hydrogen-bond acceptors (Lipinski definition) is 2. The van der Waals surface area contributed by atoms with E-state index < -0.39 is 7.82 Å². The second-order valence-electron chi connectivity index (χ2n) is 9.07. The van der Waals surface area contributed by atoms with Crippen molar-refractivity contribution in [3.63, 3.8) is 0 Å². The van der Waals surface area contributed by atoms with Crippen molar-refractivity contribution >= 4 is 7.82 Å². The first-order chi connectivity index (χ1) is 13.9. The summed E-state index contributed by atoms with van der Waals surface area (Å²) in [6, 6.07) is 0. The third kappa shape index (κ3) is 18.6. The summed E-state index contributed by atoms with van der Waals surface area (Å²) in [4.78, 5) is 17.3. The maximum atomic E-state index is 10.6. The summed E-state index contributed by atoms with van der Waals surface area (Å²) >= 11 is 0. The minimum absolute atomic E-state index is 0.167. The van der Waals surface area contributed by atoms with Gasteiger partial charge in [0.2, 0.25) is 0 Å². The van der Waals surface area contributed by atoms with Crippen LogP contribution in [0.3, 0.4) is 0 Å². The van der Waals surface area contributed by atoms with Crippen molar-refractivity contribution in [3.05, 3.63) is 0 Å². The molecule has 0 unspecified atom stereocenters. The molecule has 4 nitrogen and oxygen atoms in total. The topological polar surface area (TPSA) is 66.8 Å². The Morgan fingerprint density at radius 3 is 1.31 bits per heavy atom. The van der Waals surface area contributed by atoms with E-state index in [-0.39, 0.29) is 6.61 Å². The van der Waals surface area contributed by atoms with Crippen LogP contribution in [-0.4, -0.2) is 16.4 Å². The van der Waals surface area contributed by atoms with E-state index >= 15 is 0 Å². The molecule has 0 aromatic rings. The lowest BCUT2D eigenvalue weighted by Gasteiger charge is -2.35. The molecule has 0 saturated carbocycles. The Balaban J connectivity index is 3.88. The molecule has 0 aliphatic heterocycles. The highest BCUT2D eigenvalue weighted by molar-refractivity contribution is 7.46. The molecule has 0 fully saturated rings. The molecule has 0 aromatic heterocycles. The third-order valence-electron chi connectivity index (χ3n) is 6.29. The van der Waals surface area contributed by atoms with Crippen molar-refractivity contribution in [2.24, 2.45) is 5.41 Å². The lowest BCUT2D eigenvalue weighted by Crippen LogP contribution is -2.21. The van der Waals surface area contributed by atoms with Gasteiger partial charge in [0.05, 0.1) is 6.61 Å². The number of hydrogen-bond donors (Lipinski definition) is 2. The normalized spacial score (nSPS) is 12.6. The molecule has 0 amide bonds. The van der Waals surface area contributed by atoms with E-state index in [0.717, 1.165) is 19.3 Å². The molecular weight excluding hydrogens is 383 g/mol. The molecule has 2 N–H and O–H groups in total. The Bertz CT molecular complexity index is 373. The van der Waals surface area contributed by atoms with Crippen LogP contribution >= 0.6 is 7.82 Å². The third-order valence-corrected chi connectivity index (χ3v) is 6.81. The lowest BCUT2D eigenvalue weighted by atomic mass is 9.71. The van der Waals surface area contributed by atoms with Gasteiger partial charge in [-0.3, -0.25) is 4.52 Å². The maximum Gasteiger partial charge on any atom is 0.469 e. The molecule has 0 atom stereocenters. The van der Waals surface area contributed by atoms with Gasteiger partial charge in [0.1, 0.15) is 0 Å². The first kappa shape index (κ1) is 29.1. The summed E-state index contributed by atoms with van der Waals surface area (Å²) in [7, 11) is -4.27. The summed E-state index contributed by atoms with van der Waals surface area (Å²) in [6.45, 7) is 7.15. The van der Waals surface area contributed by atoms with Crippen LogP contribution in [0.5, 0.6) is 0 Å². The number of phosphoric acid groups is 1. The molecule has 0 radical (unpaired) electrons. The molecule has 5 heteroatoms. The van der Waals surface area contributed by atoms with Crippen molar-refractivity contribution in [1.29, 1.82) is 0 Å². The number of phosphoric ester groups is 1. The Hall–Kier alpha value is 0.110.